The van der Waals surface area contributed by atoms with Crippen LogP contribution in [0.5, 0.6) is 17.2 Å². The number of nitrogens with two attached hydrogens (primary N) is 2. The lowest BCUT2D eigenvalue weighted by Gasteiger charge is -2.17. The number of fused-ring (bicyclic) bond motifs is 3. The van der Waals surface area contributed by atoms with Gasteiger partial charge in [0, 0.05) is 17.8 Å². The van der Waals surface area contributed by atoms with E-state index in [1.807, 2.05) is 77.2 Å². The van der Waals surface area contributed by atoms with Crippen LogP contribution in [-0.2, 0) is 39.3 Å². The molecule has 9 N–H and O–H groups in total. The fourth-order valence-electron chi connectivity index (χ4n) is 9.63. The number of anilines is 10. The molecule has 36 heteroatoms. The Bertz CT molecular complexity index is 5680. The van der Waals surface area contributed by atoms with Crippen LogP contribution in [0.1, 0.15) is 27.7 Å². The zero-order valence-corrected chi connectivity index (χ0v) is 70.8. The van der Waals surface area contributed by atoms with E-state index in [4.69, 9.17) is 130 Å². The molecule has 0 aliphatic heterocycles. The third-order valence-electron chi connectivity index (χ3n) is 15.3. The molecule has 0 saturated heterocycles. The maximum Gasteiger partial charge on any atom is 0.180 e. The number of ether oxygens (including phenoxy) is 3. The number of rotatable bonds is 19. The molecule has 0 aliphatic rings. The van der Waals surface area contributed by atoms with E-state index < -0.39 is 39.3 Å². The molecule has 5 aromatic heterocycles. The van der Waals surface area contributed by atoms with E-state index in [9.17, 15) is 33.7 Å². The number of hydrogen-bond donors (Lipinski definition) is 7. The third-order valence-corrected chi connectivity index (χ3v) is 27.2. The molecule has 0 saturated carbocycles. The summed E-state index contributed by atoms with van der Waals surface area (Å²) < 4.78 is 113. The summed E-state index contributed by atoms with van der Waals surface area (Å²) in [6, 6.07) is 46.8. The summed E-state index contributed by atoms with van der Waals surface area (Å²) in [7, 11) is -8.61. The van der Waals surface area contributed by atoms with Crippen LogP contribution < -0.4 is 46.9 Å². The summed E-state index contributed by atoms with van der Waals surface area (Å²) in [5, 5.41) is 16.5. The van der Waals surface area contributed by atoms with Gasteiger partial charge in [0.25, 0.3) is 0 Å². The van der Waals surface area contributed by atoms with Crippen molar-refractivity contribution in [3.05, 3.63) is 238 Å². The Morgan fingerprint density at radius 3 is 1.21 bits per heavy atom. The van der Waals surface area contributed by atoms with Crippen molar-refractivity contribution in [1.29, 1.82) is 0 Å². The number of nitrogen functional groups attached to an aromatic ring is 2. The number of sulfone groups is 4. The van der Waals surface area contributed by atoms with Gasteiger partial charge in [-0.25, -0.2) is 53.6 Å². The van der Waals surface area contributed by atoms with Gasteiger partial charge in [0.1, 0.15) is 43.2 Å². The Labute approximate surface area is 690 Å². The molecule has 576 valence electrons. The molecule has 22 nitrogen and oxygen atoms in total. The fourth-order valence-corrected chi connectivity index (χ4v) is 16.1. The Balaban J connectivity index is 0.000000192. The number of para-hydroxylation sites is 9. The molecular formula is C73H69Cl9IN11O11S4. The lowest BCUT2D eigenvalue weighted by Crippen LogP contribution is -2.08. The van der Waals surface area contributed by atoms with Gasteiger partial charge in [-0.2, -0.15) is 0 Å². The minimum Gasteiger partial charge on any atom is -0.495 e. The minimum absolute atomic E-state index is 0.00939. The zero-order valence-electron chi connectivity index (χ0n) is 58.6. The average Bonchev–Trinajstić information content (AvgIpc) is 1.60. The van der Waals surface area contributed by atoms with Crippen LogP contribution in [0.25, 0.3) is 21.9 Å². The largest absolute Gasteiger partial charge is 0.495 e. The summed E-state index contributed by atoms with van der Waals surface area (Å²) in [6.45, 7) is 6.39. The number of nitrogens with zero attached hydrogens (tertiary/aromatic N) is 4. The first kappa shape index (κ1) is 88.5. The summed E-state index contributed by atoms with van der Waals surface area (Å²) in [6.07, 6.45) is 5.78. The van der Waals surface area contributed by atoms with E-state index in [1.165, 1.54) is 43.0 Å². The molecule has 12 aromatic rings. The number of methoxy groups -OCH3 is 3. The number of benzene rings is 7. The van der Waals surface area contributed by atoms with Gasteiger partial charge < -0.3 is 51.9 Å². The Hall–Kier alpha value is -7.72. The van der Waals surface area contributed by atoms with E-state index in [-0.39, 0.29) is 73.0 Å². The van der Waals surface area contributed by atoms with Crippen LogP contribution >= 0.6 is 127 Å². The molecule has 0 bridgehead atoms. The first-order valence-electron chi connectivity index (χ1n) is 32.0. The van der Waals surface area contributed by atoms with Crippen LogP contribution in [0, 0.1) is 3.57 Å². The Morgan fingerprint density at radius 1 is 0.385 bits per heavy atom. The summed E-state index contributed by atoms with van der Waals surface area (Å²) in [5.41, 5.74) is 16.6. The molecule has 12 rings (SSSR count). The van der Waals surface area contributed by atoms with Crippen molar-refractivity contribution in [2.24, 2.45) is 0 Å². The summed E-state index contributed by atoms with van der Waals surface area (Å²) in [4.78, 5) is 20.2. The molecule has 0 fully saturated rings. The number of aromatic amines is 1. The highest BCUT2D eigenvalue weighted by atomic mass is 127. The Kier molecular flexibility index (Phi) is 32.9. The van der Waals surface area contributed by atoms with Gasteiger partial charge >= 0.3 is 0 Å². The van der Waals surface area contributed by atoms with Gasteiger partial charge in [-0.1, -0.05) is 217 Å². The molecular weight excluding hydrogens is 1780 g/mol. The molecule has 0 aliphatic carbocycles. The lowest BCUT2D eigenvalue weighted by molar-refractivity contribution is 0.417. The van der Waals surface area contributed by atoms with E-state index in [1.54, 1.807) is 140 Å². The smallest absolute Gasteiger partial charge is 0.180 e. The normalized spacial score (nSPS) is 11.1. The molecule has 5 heterocycles. The van der Waals surface area contributed by atoms with Gasteiger partial charge in [0.15, 0.2) is 45.2 Å². The maximum atomic E-state index is 12.5. The molecule has 109 heavy (non-hydrogen) atoms. The number of aromatic nitrogens is 5. The summed E-state index contributed by atoms with van der Waals surface area (Å²) in [5.74, 6) is 2.45. The number of nitrogens with one attached hydrogen (secondary N) is 5. The van der Waals surface area contributed by atoms with Gasteiger partial charge in [-0.15, -0.1) is 0 Å². The number of halogens is 10. The van der Waals surface area contributed by atoms with Crippen molar-refractivity contribution < 1.29 is 47.9 Å². The van der Waals surface area contributed by atoms with Crippen molar-refractivity contribution >= 4 is 245 Å². The first-order valence-corrected chi connectivity index (χ1v) is 43.1. The van der Waals surface area contributed by atoms with E-state index in [0.717, 1.165) is 25.6 Å². The van der Waals surface area contributed by atoms with Crippen LogP contribution in [0.4, 0.5) is 57.0 Å². The predicted octanol–water partition coefficient (Wildman–Crippen LogP) is 21.2. The van der Waals surface area contributed by atoms with E-state index in [2.05, 4.69) is 46.2 Å². The van der Waals surface area contributed by atoms with Crippen molar-refractivity contribution in [2.45, 2.75) is 47.3 Å². The second-order valence-corrected chi connectivity index (χ2v) is 35.6. The van der Waals surface area contributed by atoms with Gasteiger partial charge in [0.2, 0.25) is 0 Å². The average molecular weight is 1850 g/mol. The molecule has 0 spiro atoms. The number of H-pyrrole nitrogens is 1. The molecule has 7 aromatic carbocycles. The van der Waals surface area contributed by atoms with Crippen molar-refractivity contribution in [3.63, 3.8) is 0 Å². The minimum atomic E-state index is -3.44. The monoisotopic (exact) mass is 1850 g/mol. The highest BCUT2D eigenvalue weighted by molar-refractivity contribution is 14.1. The number of hydrogen-bond acceptors (Lipinski definition) is 21. The first-order chi connectivity index (χ1) is 51.7. The third kappa shape index (κ3) is 22.8. The predicted molar refractivity (Wildman–Crippen MR) is 455 cm³/mol. The van der Waals surface area contributed by atoms with Crippen molar-refractivity contribution in [1.82, 2.24) is 24.9 Å². The SMILES string of the molecule is CCS(=O)(=O)c1ccccc1N.CCS(=O)(=O)c1ccccc1Nc1c(Cl)cnc(Cl)c1Cl.CCS(=O)(=O)c1ccccc1Nc1c(Cl)cnc(Nc2ccccc2OC)c1Cl.CCS(=O)(=O)c1ccccc1Nc1c(Cl)cnc2[nH]c3c(OC)cccc3c12.COc1ccccc1N.Clc1cnc(Cl)c(Cl)c1I. The van der Waals surface area contributed by atoms with Crippen LogP contribution in [0.2, 0.25) is 45.5 Å². The highest BCUT2D eigenvalue weighted by Crippen LogP contribution is 2.44. The Morgan fingerprint density at radius 2 is 0.752 bits per heavy atom. The molecule has 0 unspecified atom stereocenters. The highest BCUT2D eigenvalue weighted by Gasteiger charge is 2.24. The second-order valence-electron chi connectivity index (χ2n) is 22.0. The second kappa shape index (κ2) is 40.5. The molecule has 0 radical (unpaired) electrons. The summed E-state index contributed by atoms with van der Waals surface area (Å²) >= 11 is 56.2. The van der Waals surface area contributed by atoms with Crippen molar-refractivity contribution in [3.8, 4) is 17.2 Å². The number of pyridine rings is 4. The quantitative estimate of drug-likeness (QED) is 0.0225. The van der Waals surface area contributed by atoms with Gasteiger partial charge in [-0.05, 0) is 101 Å². The topological polar surface area (TPSA) is 332 Å². The van der Waals surface area contributed by atoms with Crippen molar-refractivity contribution in [2.75, 3.05) is 77.1 Å². The van der Waals surface area contributed by atoms with Gasteiger partial charge in [-0.3, -0.25) is 0 Å². The van der Waals surface area contributed by atoms with Crippen LogP contribution in [0.3, 0.4) is 0 Å². The lowest BCUT2D eigenvalue weighted by atomic mass is 10.1. The van der Waals surface area contributed by atoms with E-state index >= 15 is 0 Å². The van der Waals surface area contributed by atoms with Crippen LogP contribution in [-0.4, -0.2) is 103 Å². The molecule has 0 atom stereocenters. The molecule has 0 amide bonds. The van der Waals surface area contributed by atoms with Gasteiger partial charge in [0.05, 0.1) is 167 Å². The zero-order chi connectivity index (χ0) is 80.1. The fraction of sp³-hybridized carbons (Fsp3) is 0.151. The standard InChI is InChI=1S/C20H19Cl2N3O3S.C20H18ClN3O3S.C13H11Cl3N2O2S.C8H11NO2S.C7H9NO.C5HCl3IN/c1-3-29(26,27)17-11-7-5-9-15(17)24-19-13(21)12-23-20(18(19)22)25-14-8-4-6-10-16(14)28-2;1-3-28(25,26)16-10-5-4-8-14(16)23-19-13(21)11-22-20-17(19)12-7-6-9-15(27-2)18(12)24-20;1-2-21(19,20)10-6-4-3-5-9(10)18-12-8(14)7-17-13(16)11(12)15;1-2-12(10,11)8-6-4-3-5-7(8)9;1-9-7-5-3-2-4-6(7)8;6-2-1-10-5(8)3(7)4(2)9/h4-12H,3H2,1-2H3,(H2,23,24,25);4-11H,3H2,1-2H3,(H2,22,23,24);3-7H,2H2,1H3,(H,17,18);3-6H,2,9H2,1H3;2-5H,8H2,1H3;1H. The van der Waals surface area contributed by atoms with Crippen LogP contribution in [0.15, 0.2) is 208 Å². The maximum absolute atomic E-state index is 12.5. The van der Waals surface area contributed by atoms with E-state index in [0.29, 0.717) is 89.2 Å².